The highest BCUT2D eigenvalue weighted by atomic mass is 32.2. The van der Waals surface area contributed by atoms with Crippen LogP contribution in [0, 0.1) is 0 Å². The molecule has 0 aliphatic carbocycles. The third-order valence-corrected chi connectivity index (χ3v) is 4.82. The average Bonchev–Trinajstić information content (AvgIpc) is 2.79. The van der Waals surface area contributed by atoms with Gasteiger partial charge in [-0.15, -0.1) is 0 Å². The number of rotatable bonds is 3. The first-order valence-electron chi connectivity index (χ1n) is 6.17. The van der Waals surface area contributed by atoms with Gasteiger partial charge >= 0.3 is 0 Å². The van der Waals surface area contributed by atoms with E-state index in [1.807, 2.05) is 35.2 Å². The van der Waals surface area contributed by atoms with Gasteiger partial charge in [-0.2, -0.15) is 0 Å². The third-order valence-electron chi connectivity index (χ3n) is 3.23. The Kier molecular flexibility index (Phi) is 3.69. The van der Waals surface area contributed by atoms with E-state index in [0.29, 0.717) is 16.6 Å². The second-order valence-electron chi connectivity index (χ2n) is 4.52. The van der Waals surface area contributed by atoms with Crippen molar-refractivity contribution in [3.63, 3.8) is 0 Å². The highest BCUT2D eigenvalue weighted by Crippen LogP contribution is 2.39. The van der Waals surface area contributed by atoms with Gasteiger partial charge in [-0.3, -0.25) is 9.97 Å². The molecular formula is C14H13N3OS2. The number of thiocarbonyl (C=S) groups is 1. The summed E-state index contributed by atoms with van der Waals surface area (Å²) < 4.78 is 0.682. The molecule has 1 aliphatic rings. The van der Waals surface area contributed by atoms with Crippen molar-refractivity contribution in [2.45, 2.75) is 12.3 Å². The van der Waals surface area contributed by atoms with E-state index in [4.69, 9.17) is 12.2 Å². The van der Waals surface area contributed by atoms with E-state index in [2.05, 4.69) is 9.97 Å². The van der Waals surface area contributed by atoms with Crippen LogP contribution < -0.4 is 0 Å². The number of hydrogen-bond acceptors (Lipinski definition) is 5. The van der Waals surface area contributed by atoms with Crippen LogP contribution in [-0.2, 0) is 12.3 Å². The van der Waals surface area contributed by atoms with Crippen molar-refractivity contribution in [1.29, 1.82) is 0 Å². The molecule has 1 N–H and O–H groups in total. The van der Waals surface area contributed by atoms with Crippen LogP contribution in [0.15, 0.2) is 48.9 Å². The molecule has 1 unspecified atom stereocenters. The van der Waals surface area contributed by atoms with Gasteiger partial charge in [0.05, 0.1) is 18.0 Å². The van der Waals surface area contributed by atoms with E-state index in [0.717, 1.165) is 11.3 Å². The Morgan fingerprint density at radius 2 is 2.20 bits per heavy atom. The van der Waals surface area contributed by atoms with Crippen LogP contribution in [0.5, 0.6) is 0 Å². The summed E-state index contributed by atoms with van der Waals surface area (Å²) in [6, 6.07) is 9.41. The second-order valence-corrected chi connectivity index (χ2v) is 6.13. The Labute approximate surface area is 126 Å². The lowest BCUT2D eigenvalue weighted by Crippen LogP contribution is -2.44. The molecule has 102 valence electrons. The summed E-state index contributed by atoms with van der Waals surface area (Å²) in [6.07, 6.45) is 5.11. The van der Waals surface area contributed by atoms with Gasteiger partial charge in [-0.25, -0.2) is 0 Å². The van der Waals surface area contributed by atoms with Crippen LogP contribution in [0.25, 0.3) is 0 Å². The van der Waals surface area contributed by atoms with Crippen molar-refractivity contribution in [2.24, 2.45) is 0 Å². The predicted molar refractivity (Wildman–Crippen MR) is 83.0 cm³/mol. The Morgan fingerprint density at radius 1 is 1.30 bits per heavy atom. The molecule has 1 atom stereocenters. The maximum Gasteiger partial charge on any atom is 0.176 e. The van der Waals surface area contributed by atoms with E-state index < -0.39 is 5.72 Å². The van der Waals surface area contributed by atoms with E-state index >= 15 is 0 Å². The summed E-state index contributed by atoms with van der Waals surface area (Å²) in [5.41, 5.74) is 0.510. The molecule has 2 aromatic heterocycles. The highest BCUT2D eigenvalue weighted by Gasteiger charge is 2.44. The summed E-state index contributed by atoms with van der Waals surface area (Å²) >= 11 is 6.85. The summed E-state index contributed by atoms with van der Waals surface area (Å²) in [6.45, 7) is 0.484. The largest absolute Gasteiger partial charge is 0.366 e. The number of aliphatic hydroxyl groups is 1. The quantitative estimate of drug-likeness (QED) is 0.877. The second kappa shape index (κ2) is 5.47. The van der Waals surface area contributed by atoms with Crippen LogP contribution in [-0.4, -0.2) is 30.0 Å². The van der Waals surface area contributed by atoms with E-state index in [9.17, 15) is 5.11 Å². The minimum absolute atomic E-state index is 0.484. The van der Waals surface area contributed by atoms with Crippen molar-refractivity contribution in [3.05, 3.63) is 60.2 Å². The molecular weight excluding hydrogens is 290 g/mol. The Bertz CT molecular complexity index is 608. The topological polar surface area (TPSA) is 49.3 Å². The Morgan fingerprint density at radius 3 is 2.90 bits per heavy atom. The molecule has 1 fully saturated rings. The van der Waals surface area contributed by atoms with Gasteiger partial charge in [0.25, 0.3) is 0 Å². The fourth-order valence-electron chi connectivity index (χ4n) is 2.16. The fraction of sp³-hybridized carbons (Fsp3) is 0.214. The molecule has 0 spiro atoms. The Balaban J connectivity index is 1.93. The van der Waals surface area contributed by atoms with Gasteiger partial charge < -0.3 is 10.0 Å². The molecule has 1 aliphatic heterocycles. The maximum atomic E-state index is 11.0. The van der Waals surface area contributed by atoms with Crippen LogP contribution in [0.2, 0.25) is 0 Å². The first-order chi connectivity index (χ1) is 9.70. The lowest BCUT2D eigenvalue weighted by atomic mass is 10.1. The summed E-state index contributed by atoms with van der Waals surface area (Å²) in [7, 11) is 0. The van der Waals surface area contributed by atoms with Crippen molar-refractivity contribution in [3.8, 4) is 0 Å². The molecule has 0 saturated carbocycles. The zero-order valence-corrected chi connectivity index (χ0v) is 12.3. The number of pyridine rings is 2. The lowest BCUT2D eigenvalue weighted by molar-refractivity contribution is -0.0516. The van der Waals surface area contributed by atoms with Crippen molar-refractivity contribution >= 4 is 28.3 Å². The van der Waals surface area contributed by atoms with Gasteiger partial charge in [0.15, 0.2) is 5.72 Å². The molecule has 0 bridgehead atoms. The van der Waals surface area contributed by atoms with Gasteiger partial charge in [0.2, 0.25) is 0 Å². The molecule has 2 aromatic rings. The van der Waals surface area contributed by atoms with Gasteiger partial charge in [-0.05, 0) is 18.2 Å². The molecule has 20 heavy (non-hydrogen) atoms. The number of nitrogens with zero attached hydrogens (tertiary/aromatic N) is 3. The molecule has 0 radical (unpaired) electrons. The predicted octanol–water partition coefficient (Wildman–Crippen LogP) is 2.16. The minimum Gasteiger partial charge on any atom is -0.366 e. The van der Waals surface area contributed by atoms with Gasteiger partial charge in [0.1, 0.15) is 4.32 Å². The van der Waals surface area contributed by atoms with E-state index in [1.165, 1.54) is 11.8 Å². The fourth-order valence-corrected chi connectivity index (χ4v) is 3.57. The molecule has 3 rings (SSSR count). The summed E-state index contributed by atoms with van der Waals surface area (Å²) in [4.78, 5) is 10.2. The van der Waals surface area contributed by atoms with Crippen molar-refractivity contribution in [1.82, 2.24) is 14.9 Å². The number of thioether (sulfide) groups is 1. The third kappa shape index (κ3) is 2.42. The summed E-state index contributed by atoms with van der Waals surface area (Å²) in [5, 5.41) is 11.0. The minimum atomic E-state index is -1.12. The maximum absolute atomic E-state index is 11.0. The molecule has 3 heterocycles. The average molecular weight is 303 g/mol. The first-order valence-corrected chi connectivity index (χ1v) is 7.57. The summed E-state index contributed by atoms with van der Waals surface area (Å²) in [5.74, 6) is 0.504. The highest BCUT2D eigenvalue weighted by molar-refractivity contribution is 8.23. The monoisotopic (exact) mass is 303 g/mol. The SMILES string of the molecule is OC1(c2cccnc2)CSC(=S)N1Cc1ccccn1. The van der Waals surface area contributed by atoms with Crippen molar-refractivity contribution < 1.29 is 5.11 Å². The molecule has 6 heteroatoms. The zero-order valence-electron chi connectivity index (χ0n) is 10.6. The van der Waals surface area contributed by atoms with E-state index in [1.54, 1.807) is 18.6 Å². The van der Waals surface area contributed by atoms with Crippen LogP contribution in [0.4, 0.5) is 0 Å². The Hall–Kier alpha value is -1.50. The normalized spacial score (nSPS) is 22.2. The standard InChI is InChI=1S/C14H13N3OS2/c18-14(11-4-3-6-15-8-11)10-20-13(19)17(14)9-12-5-1-2-7-16-12/h1-8,18H,9-10H2. The van der Waals surface area contributed by atoms with Crippen LogP contribution in [0.3, 0.4) is 0 Å². The first kappa shape index (κ1) is 13.5. The lowest BCUT2D eigenvalue weighted by Gasteiger charge is -2.33. The molecule has 0 amide bonds. The smallest absolute Gasteiger partial charge is 0.176 e. The van der Waals surface area contributed by atoms with Crippen molar-refractivity contribution in [2.75, 3.05) is 5.75 Å². The molecule has 4 nitrogen and oxygen atoms in total. The molecule has 1 saturated heterocycles. The van der Waals surface area contributed by atoms with Crippen LogP contribution in [0.1, 0.15) is 11.3 Å². The van der Waals surface area contributed by atoms with Gasteiger partial charge in [0, 0.05) is 24.2 Å². The van der Waals surface area contributed by atoms with Gasteiger partial charge in [-0.1, -0.05) is 36.1 Å². The van der Waals surface area contributed by atoms with E-state index in [-0.39, 0.29) is 0 Å². The zero-order chi connectivity index (χ0) is 14.0. The number of aromatic nitrogens is 2. The molecule has 0 aromatic carbocycles. The van der Waals surface area contributed by atoms with Crippen LogP contribution >= 0.6 is 24.0 Å². The number of hydrogen-bond donors (Lipinski definition) is 1.